The highest BCUT2D eigenvalue weighted by atomic mass is 35.5. The smallest absolute Gasteiger partial charge is 0.236 e. The van der Waals surface area contributed by atoms with E-state index in [4.69, 9.17) is 4.74 Å². The minimum atomic E-state index is 0. The van der Waals surface area contributed by atoms with E-state index < -0.39 is 0 Å². The van der Waals surface area contributed by atoms with E-state index in [-0.39, 0.29) is 24.4 Å². The monoisotopic (exact) mass is 326 g/mol. The van der Waals surface area contributed by atoms with Crippen LogP contribution in [-0.2, 0) is 9.53 Å². The number of rotatable bonds is 3. The number of hydrogen-bond acceptors (Lipinski definition) is 5. The van der Waals surface area contributed by atoms with E-state index in [1.807, 2.05) is 17.2 Å². The molecule has 2 saturated heterocycles. The molecule has 1 amide bonds. The molecular formula is C15H23ClN4O2. The summed E-state index contributed by atoms with van der Waals surface area (Å²) in [5, 5.41) is 3.40. The molecule has 6 nitrogen and oxygen atoms in total. The summed E-state index contributed by atoms with van der Waals surface area (Å²) in [7, 11) is 0. The van der Waals surface area contributed by atoms with Crippen LogP contribution in [0.1, 0.15) is 11.6 Å². The predicted octanol–water partition coefficient (Wildman–Crippen LogP) is 0.308. The number of amides is 1. The number of pyridine rings is 1. The van der Waals surface area contributed by atoms with Gasteiger partial charge in [-0.3, -0.25) is 14.7 Å². The maximum absolute atomic E-state index is 12.4. The number of carbonyl (C=O) groups excluding carboxylic acids is 1. The fourth-order valence-corrected chi connectivity index (χ4v) is 2.92. The fraction of sp³-hybridized carbons (Fsp3) is 0.600. The zero-order valence-electron chi connectivity index (χ0n) is 12.6. The molecule has 0 aliphatic carbocycles. The van der Waals surface area contributed by atoms with Gasteiger partial charge in [0.25, 0.3) is 0 Å². The van der Waals surface area contributed by atoms with Crippen molar-refractivity contribution in [3.8, 4) is 0 Å². The van der Waals surface area contributed by atoms with E-state index in [0.29, 0.717) is 32.8 Å². The molecule has 2 fully saturated rings. The van der Waals surface area contributed by atoms with E-state index in [2.05, 4.69) is 21.3 Å². The molecule has 1 atom stereocenters. The van der Waals surface area contributed by atoms with Gasteiger partial charge in [-0.2, -0.15) is 0 Å². The third kappa shape index (κ3) is 4.16. The number of hydrogen-bond donors (Lipinski definition) is 1. The summed E-state index contributed by atoms with van der Waals surface area (Å²) in [6.45, 7) is 5.87. The lowest BCUT2D eigenvalue weighted by Gasteiger charge is -2.37. The van der Waals surface area contributed by atoms with Gasteiger partial charge in [-0.1, -0.05) is 6.07 Å². The van der Waals surface area contributed by atoms with Crippen LogP contribution in [0.5, 0.6) is 0 Å². The van der Waals surface area contributed by atoms with Gasteiger partial charge in [0.1, 0.15) is 0 Å². The summed E-state index contributed by atoms with van der Waals surface area (Å²) in [5.41, 5.74) is 1.17. The first-order valence-electron chi connectivity index (χ1n) is 7.55. The number of halogens is 1. The zero-order valence-corrected chi connectivity index (χ0v) is 13.4. The van der Waals surface area contributed by atoms with Gasteiger partial charge in [-0.05, 0) is 11.6 Å². The Balaban J connectivity index is 0.00000176. The topological polar surface area (TPSA) is 57.7 Å². The molecule has 122 valence electrons. The number of ether oxygens (including phenoxy) is 1. The van der Waals surface area contributed by atoms with Gasteiger partial charge in [-0.15, -0.1) is 12.4 Å². The Morgan fingerprint density at radius 1 is 1.36 bits per heavy atom. The summed E-state index contributed by atoms with van der Waals surface area (Å²) in [5.74, 6) is 0.203. The number of aromatic nitrogens is 1. The van der Waals surface area contributed by atoms with Crippen molar-refractivity contribution in [2.24, 2.45) is 0 Å². The quantitative estimate of drug-likeness (QED) is 0.866. The van der Waals surface area contributed by atoms with Crippen LogP contribution < -0.4 is 5.32 Å². The summed E-state index contributed by atoms with van der Waals surface area (Å²) < 4.78 is 5.30. The average Bonchev–Trinajstić information content (AvgIpc) is 2.57. The van der Waals surface area contributed by atoms with Crippen LogP contribution in [0.3, 0.4) is 0 Å². The first kappa shape index (κ1) is 17.1. The van der Waals surface area contributed by atoms with Gasteiger partial charge in [-0.25, -0.2) is 0 Å². The van der Waals surface area contributed by atoms with Crippen LogP contribution in [-0.4, -0.2) is 73.2 Å². The van der Waals surface area contributed by atoms with Crippen molar-refractivity contribution in [2.45, 2.75) is 6.04 Å². The van der Waals surface area contributed by atoms with E-state index >= 15 is 0 Å². The van der Waals surface area contributed by atoms with Crippen molar-refractivity contribution in [1.29, 1.82) is 0 Å². The predicted molar refractivity (Wildman–Crippen MR) is 86.1 cm³/mol. The molecule has 1 unspecified atom stereocenters. The number of piperazine rings is 1. The third-order valence-corrected chi connectivity index (χ3v) is 4.13. The van der Waals surface area contributed by atoms with Crippen molar-refractivity contribution in [2.75, 3.05) is 52.5 Å². The Labute approximate surface area is 137 Å². The highest BCUT2D eigenvalue weighted by Crippen LogP contribution is 2.21. The normalized spacial score (nSPS) is 22.9. The number of carbonyl (C=O) groups is 1. The molecule has 1 N–H and O–H groups in total. The first-order chi connectivity index (χ1) is 10.3. The van der Waals surface area contributed by atoms with Gasteiger partial charge >= 0.3 is 0 Å². The first-order valence-corrected chi connectivity index (χ1v) is 7.55. The number of nitrogens with one attached hydrogen (secondary N) is 1. The lowest BCUT2D eigenvalue weighted by atomic mass is 10.1. The maximum atomic E-state index is 12.4. The average molecular weight is 327 g/mol. The Kier molecular flexibility index (Phi) is 6.57. The summed E-state index contributed by atoms with van der Waals surface area (Å²) in [6, 6.07) is 4.25. The molecule has 7 heteroatoms. The molecule has 3 heterocycles. The van der Waals surface area contributed by atoms with Crippen LogP contribution in [0.4, 0.5) is 0 Å². The number of morpholine rings is 1. The van der Waals surface area contributed by atoms with Gasteiger partial charge in [0.05, 0.1) is 19.8 Å². The van der Waals surface area contributed by atoms with Crippen LogP contribution in [0, 0.1) is 0 Å². The van der Waals surface area contributed by atoms with Crippen molar-refractivity contribution in [3.63, 3.8) is 0 Å². The SMILES string of the molecule is Cl.O=C(CN1CCNCC1c1cccnc1)N1CCOCC1. The van der Waals surface area contributed by atoms with Crippen molar-refractivity contribution >= 4 is 18.3 Å². The molecule has 0 spiro atoms. The van der Waals surface area contributed by atoms with Crippen molar-refractivity contribution in [1.82, 2.24) is 20.1 Å². The molecule has 22 heavy (non-hydrogen) atoms. The van der Waals surface area contributed by atoms with Gasteiger partial charge < -0.3 is 15.0 Å². The zero-order chi connectivity index (χ0) is 14.5. The van der Waals surface area contributed by atoms with Gasteiger partial charge in [0.15, 0.2) is 0 Å². The minimum Gasteiger partial charge on any atom is -0.378 e. The van der Waals surface area contributed by atoms with Crippen molar-refractivity contribution in [3.05, 3.63) is 30.1 Å². The fourth-order valence-electron chi connectivity index (χ4n) is 2.92. The van der Waals surface area contributed by atoms with E-state index in [1.54, 1.807) is 6.20 Å². The summed E-state index contributed by atoms with van der Waals surface area (Å²) in [6.07, 6.45) is 3.67. The lowest BCUT2D eigenvalue weighted by molar-refractivity contribution is -0.137. The Morgan fingerprint density at radius 3 is 2.91 bits per heavy atom. The van der Waals surface area contributed by atoms with Crippen LogP contribution in [0.25, 0.3) is 0 Å². The molecule has 0 saturated carbocycles. The second-order valence-electron chi connectivity index (χ2n) is 5.47. The number of nitrogens with zero attached hydrogens (tertiary/aromatic N) is 3. The lowest BCUT2D eigenvalue weighted by Crippen LogP contribution is -2.51. The Hall–Kier alpha value is -1.21. The second-order valence-corrected chi connectivity index (χ2v) is 5.47. The third-order valence-electron chi connectivity index (χ3n) is 4.13. The molecule has 1 aromatic rings. The molecular weight excluding hydrogens is 304 g/mol. The molecule has 0 bridgehead atoms. The van der Waals surface area contributed by atoms with Crippen LogP contribution >= 0.6 is 12.4 Å². The van der Waals surface area contributed by atoms with Gasteiger partial charge in [0, 0.05) is 51.2 Å². The van der Waals surface area contributed by atoms with Crippen molar-refractivity contribution < 1.29 is 9.53 Å². The highest BCUT2D eigenvalue weighted by Gasteiger charge is 2.27. The van der Waals surface area contributed by atoms with E-state index in [0.717, 1.165) is 19.6 Å². The van der Waals surface area contributed by atoms with Gasteiger partial charge in [0.2, 0.25) is 5.91 Å². The highest BCUT2D eigenvalue weighted by molar-refractivity contribution is 5.85. The molecule has 3 rings (SSSR count). The molecule has 2 aliphatic rings. The van der Waals surface area contributed by atoms with Crippen LogP contribution in [0.2, 0.25) is 0 Å². The largest absolute Gasteiger partial charge is 0.378 e. The summed E-state index contributed by atoms with van der Waals surface area (Å²) >= 11 is 0. The summed E-state index contributed by atoms with van der Waals surface area (Å²) in [4.78, 5) is 20.8. The molecule has 0 radical (unpaired) electrons. The maximum Gasteiger partial charge on any atom is 0.236 e. The van der Waals surface area contributed by atoms with E-state index in [9.17, 15) is 4.79 Å². The molecule has 1 aromatic heterocycles. The standard InChI is InChI=1S/C15H22N4O2.ClH/c20-15(18-6-8-21-9-7-18)12-19-5-4-17-11-14(19)13-2-1-3-16-10-13;/h1-3,10,14,17H,4-9,11-12H2;1H. The second kappa shape index (κ2) is 8.43. The molecule has 0 aromatic carbocycles. The molecule has 2 aliphatic heterocycles. The van der Waals surface area contributed by atoms with E-state index in [1.165, 1.54) is 5.56 Å². The minimum absolute atomic E-state index is 0. The van der Waals surface area contributed by atoms with Crippen LogP contribution in [0.15, 0.2) is 24.5 Å². The Bertz CT molecular complexity index is 468. The Morgan fingerprint density at radius 2 is 2.18 bits per heavy atom.